The fourth-order valence-corrected chi connectivity index (χ4v) is 4.50. The van der Waals surface area contributed by atoms with Gasteiger partial charge in [-0.3, -0.25) is 0 Å². The minimum Gasteiger partial charge on any atom is -0.219 e. The van der Waals surface area contributed by atoms with Gasteiger partial charge in [0, 0.05) is 5.41 Å². The summed E-state index contributed by atoms with van der Waals surface area (Å²) in [4.78, 5) is 0.385. The highest BCUT2D eigenvalue weighted by Crippen LogP contribution is 2.44. The van der Waals surface area contributed by atoms with Crippen molar-refractivity contribution in [3.63, 3.8) is 0 Å². The molecule has 104 valence electrons. The van der Waals surface area contributed by atoms with Gasteiger partial charge in [0.2, 0.25) is 0 Å². The van der Waals surface area contributed by atoms with E-state index in [1.54, 1.807) is 24.3 Å². The summed E-state index contributed by atoms with van der Waals surface area (Å²) in [6.45, 7) is 6.43. The van der Waals surface area contributed by atoms with E-state index in [4.69, 9.17) is 0 Å². The number of hydrogen-bond acceptors (Lipinski definition) is 2. The Morgan fingerprint density at radius 2 is 1.84 bits per heavy atom. The molecule has 1 saturated carbocycles. The Morgan fingerprint density at radius 3 is 2.42 bits per heavy atom. The van der Waals surface area contributed by atoms with Crippen LogP contribution in [0.5, 0.6) is 0 Å². The molecule has 0 spiro atoms. The third-order valence-corrected chi connectivity index (χ3v) is 5.60. The quantitative estimate of drug-likeness (QED) is 0.813. The molecule has 1 aliphatic rings. The molecule has 0 saturated heterocycles. The third kappa shape index (κ3) is 3.08. The summed E-state index contributed by atoms with van der Waals surface area (Å²) in [6, 6.07) is 8.68. The predicted molar refractivity (Wildman–Crippen MR) is 78.5 cm³/mol. The summed E-state index contributed by atoms with van der Waals surface area (Å²) in [5.74, 6) is 0.349. The van der Waals surface area contributed by atoms with Crippen LogP contribution in [0.25, 0.3) is 0 Å². The van der Waals surface area contributed by atoms with Gasteiger partial charge in [0.05, 0.1) is 4.90 Å². The minimum absolute atomic E-state index is 0.0144. The SMILES string of the molecule is CC1CCCC(C)(C)C1=CS(=O)(=O)c1ccccc1. The molecule has 0 bridgehead atoms. The molecule has 3 heteroatoms. The summed E-state index contributed by atoms with van der Waals surface area (Å²) >= 11 is 0. The second-order valence-electron chi connectivity index (χ2n) is 6.11. The van der Waals surface area contributed by atoms with Crippen LogP contribution < -0.4 is 0 Å². The summed E-state index contributed by atoms with van der Waals surface area (Å²) < 4.78 is 24.9. The molecule has 0 heterocycles. The van der Waals surface area contributed by atoms with Gasteiger partial charge in [0.25, 0.3) is 0 Å². The van der Waals surface area contributed by atoms with Crippen molar-refractivity contribution in [1.82, 2.24) is 0 Å². The monoisotopic (exact) mass is 278 g/mol. The van der Waals surface area contributed by atoms with E-state index in [2.05, 4.69) is 20.8 Å². The maximum absolute atomic E-state index is 12.5. The highest BCUT2D eigenvalue weighted by atomic mass is 32.2. The summed E-state index contributed by atoms with van der Waals surface area (Å²) in [5, 5.41) is 1.52. The average molecular weight is 278 g/mol. The fourth-order valence-electron chi connectivity index (χ4n) is 2.94. The van der Waals surface area contributed by atoms with Crippen molar-refractivity contribution in [1.29, 1.82) is 0 Å². The van der Waals surface area contributed by atoms with E-state index in [9.17, 15) is 8.42 Å². The first-order chi connectivity index (χ1) is 8.83. The van der Waals surface area contributed by atoms with Crippen LogP contribution in [0.3, 0.4) is 0 Å². The smallest absolute Gasteiger partial charge is 0.199 e. The average Bonchev–Trinajstić information content (AvgIpc) is 2.35. The molecule has 1 unspecified atom stereocenters. The molecule has 0 aromatic heterocycles. The van der Waals surface area contributed by atoms with Crippen LogP contribution in [0.15, 0.2) is 46.2 Å². The van der Waals surface area contributed by atoms with Gasteiger partial charge in [0.15, 0.2) is 9.84 Å². The molecule has 1 fully saturated rings. The predicted octanol–water partition coefficient (Wildman–Crippen LogP) is 4.19. The molecule has 0 aliphatic heterocycles. The van der Waals surface area contributed by atoms with E-state index in [1.165, 1.54) is 11.8 Å². The lowest BCUT2D eigenvalue weighted by atomic mass is 9.69. The van der Waals surface area contributed by atoms with Crippen molar-refractivity contribution >= 4 is 9.84 Å². The first-order valence-electron chi connectivity index (χ1n) is 6.85. The Morgan fingerprint density at radius 1 is 1.21 bits per heavy atom. The van der Waals surface area contributed by atoms with Crippen molar-refractivity contribution in [2.45, 2.75) is 44.9 Å². The zero-order valence-corrected chi connectivity index (χ0v) is 12.7. The van der Waals surface area contributed by atoms with Gasteiger partial charge in [-0.05, 0) is 36.3 Å². The van der Waals surface area contributed by atoms with Crippen LogP contribution >= 0.6 is 0 Å². The van der Waals surface area contributed by atoms with Crippen LogP contribution in [0.2, 0.25) is 0 Å². The van der Waals surface area contributed by atoms with Crippen LogP contribution in [0.1, 0.15) is 40.0 Å². The maximum Gasteiger partial charge on any atom is 0.199 e. The number of allylic oxidation sites excluding steroid dienone is 1. The number of hydrogen-bond donors (Lipinski definition) is 0. The zero-order chi connectivity index (χ0) is 14.1. The molecular weight excluding hydrogens is 256 g/mol. The number of benzene rings is 1. The van der Waals surface area contributed by atoms with Crippen LogP contribution in [-0.2, 0) is 9.84 Å². The van der Waals surface area contributed by atoms with Gasteiger partial charge >= 0.3 is 0 Å². The zero-order valence-electron chi connectivity index (χ0n) is 11.9. The Balaban J connectivity index is 2.44. The number of sulfone groups is 1. The molecule has 1 aromatic carbocycles. The van der Waals surface area contributed by atoms with E-state index in [0.29, 0.717) is 10.8 Å². The molecule has 0 amide bonds. The topological polar surface area (TPSA) is 34.1 Å². The molecule has 0 N–H and O–H groups in total. The van der Waals surface area contributed by atoms with Crippen molar-refractivity contribution in [3.05, 3.63) is 41.3 Å². The first kappa shape index (κ1) is 14.3. The van der Waals surface area contributed by atoms with Crippen molar-refractivity contribution in [2.75, 3.05) is 0 Å². The minimum atomic E-state index is -3.33. The first-order valence-corrected chi connectivity index (χ1v) is 8.40. The van der Waals surface area contributed by atoms with Gasteiger partial charge in [-0.25, -0.2) is 8.42 Å². The number of rotatable bonds is 2. The largest absolute Gasteiger partial charge is 0.219 e. The van der Waals surface area contributed by atoms with E-state index in [1.807, 2.05) is 6.07 Å². The third-order valence-electron chi connectivity index (χ3n) is 4.11. The molecule has 2 nitrogen and oxygen atoms in total. The van der Waals surface area contributed by atoms with Crippen LogP contribution in [0, 0.1) is 11.3 Å². The molecule has 0 radical (unpaired) electrons. The summed E-state index contributed by atoms with van der Waals surface area (Å²) in [5.41, 5.74) is 1.06. The van der Waals surface area contributed by atoms with Crippen molar-refractivity contribution in [3.8, 4) is 0 Å². The second kappa shape index (κ2) is 5.12. The Kier molecular flexibility index (Phi) is 3.86. The molecule has 1 aliphatic carbocycles. The maximum atomic E-state index is 12.5. The van der Waals surface area contributed by atoms with Gasteiger partial charge in [0.1, 0.15) is 0 Å². The van der Waals surface area contributed by atoms with Gasteiger partial charge < -0.3 is 0 Å². The van der Waals surface area contributed by atoms with Crippen LogP contribution in [-0.4, -0.2) is 8.42 Å². The van der Waals surface area contributed by atoms with Crippen molar-refractivity contribution < 1.29 is 8.42 Å². The van der Waals surface area contributed by atoms with Gasteiger partial charge in [-0.15, -0.1) is 0 Å². The van der Waals surface area contributed by atoms with Crippen molar-refractivity contribution in [2.24, 2.45) is 11.3 Å². The van der Waals surface area contributed by atoms with Gasteiger partial charge in [-0.1, -0.05) is 51.0 Å². The van der Waals surface area contributed by atoms with E-state index >= 15 is 0 Å². The van der Waals surface area contributed by atoms with E-state index in [-0.39, 0.29) is 5.41 Å². The summed E-state index contributed by atoms with van der Waals surface area (Å²) in [7, 11) is -3.33. The highest BCUT2D eigenvalue weighted by Gasteiger charge is 2.32. The van der Waals surface area contributed by atoms with E-state index < -0.39 is 9.84 Å². The van der Waals surface area contributed by atoms with Crippen LogP contribution in [0.4, 0.5) is 0 Å². The Bertz CT molecular complexity index is 568. The van der Waals surface area contributed by atoms with Gasteiger partial charge in [-0.2, -0.15) is 0 Å². The standard InChI is InChI=1S/C16H22O2S/c1-13-8-7-11-16(2,3)15(13)12-19(17,18)14-9-5-4-6-10-14/h4-6,9-10,12-13H,7-8,11H2,1-3H3. The molecule has 2 rings (SSSR count). The molecule has 19 heavy (non-hydrogen) atoms. The van der Waals surface area contributed by atoms with E-state index in [0.717, 1.165) is 18.4 Å². The Hall–Kier alpha value is -1.09. The lowest BCUT2D eigenvalue weighted by Crippen LogP contribution is -2.25. The normalized spacial score (nSPS) is 25.4. The highest BCUT2D eigenvalue weighted by molar-refractivity contribution is 7.94. The second-order valence-corrected chi connectivity index (χ2v) is 7.91. The molecule has 1 atom stereocenters. The summed E-state index contributed by atoms with van der Waals surface area (Å²) in [6.07, 6.45) is 3.32. The fraction of sp³-hybridized carbons (Fsp3) is 0.500. The lowest BCUT2D eigenvalue weighted by molar-refractivity contribution is 0.290. The Labute approximate surface area is 116 Å². The lowest BCUT2D eigenvalue weighted by Gasteiger charge is -2.37. The molecular formula is C16H22O2S. The molecule has 1 aromatic rings.